The molecular formula is AlFeNaO8P2. The zero-order valence-electron chi connectivity index (χ0n) is 6.09. The second-order valence-electron chi connectivity index (χ2n) is 0.894. The monoisotopic (exact) mass is 296 g/mol. The van der Waals surface area contributed by atoms with Gasteiger partial charge in [0.2, 0.25) is 0 Å². The van der Waals surface area contributed by atoms with Crippen LogP contribution in [0.2, 0.25) is 0 Å². The van der Waals surface area contributed by atoms with Crippen LogP contribution in [0.1, 0.15) is 0 Å². The molecule has 0 amide bonds. The van der Waals surface area contributed by atoms with Crippen molar-refractivity contribution >= 4 is 33.0 Å². The van der Waals surface area contributed by atoms with E-state index in [-0.39, 0.29) is 64.0 Å². The first-order valence-electron chi connectivity index (χ1n) is 1.46. The summed E-state index contributed by atoms with van der Waals surface area (Å²) < 4.78 is 17.1. The molecule has 0 fully saturated rings. The van der Waals surface area contributed by atoms with Crippen LogP contribution in [0.5, 0.6) is 0 Å². The summed E-state index contributed by atoms with van der Waals surface area (Å²) in [7, 11) is -10.8. The number of phosphoric acid groups is 2. The van der Waals surface area contributed by atoms with E-state index in [9.17, 15) is 0 Å². The van der Waals surface area contributed by atoms with Gasteiger partial charge in [0.05, 0.1) is 0 Å². The summed E-state index contributed by atoms with van der Waals surface area (Å²) >= 11 is 0. The van der Waals surface area contributed by atoms with Crippen LogP contribution in [0.15, 0.2) is 0 Å². The Labute approximate surface area is 117 Å². The summed E-state index contributed by atoms with van der Waals surface area (Å²) in [6.45, 7) is 0. The van der Waals surface area contributed by atoms with Gasteiger partial charge in [-0.05, 0) is 0 Å². The van der Waals surface area contributed by atoms with Gasteiger partial charge < -0.3 is 38.5 Å². The van der Waals surface area contributed by atoms with E-state index >= 15 is 0 Å². The molecule has 0 saturated carbocycles. The third kappa shape index (κ3) is 416. The fraction of sp³-hybridized carbons (Fsp3) is 0. The summed E-state index contributed by atoms with van der Waals surface area (Å²) in [6.07, 6.45) is 0. The van der Waals surface area contributed by atoms with E-state index in [1.807, 2.05) is 0 Å². The van der Waals surface area contributed by atoms with Crippen molar-refractivity contribution in [3.05, 3.63) is 0 Å². The summed E-state index contributed by atoms with van der Waals surface area (Å²) in [6, 6.07) is 0. The van der Waals surface area contributed by atoms with Crippen LogP contribution < -0.4 is 58.9 Å². The van der Waals surface area contributed by atoms with Crippen molar-refractivity contribution in [1.82, 2.24) is 0 Å². The van der Waals surface area contributed by atoms with Crippen molar-refractivity contribution in [2.24, 2.45) is 0 Å². The molecule has 8 nitrogen and oxygen atoms in total. The Hall–Kier alpha value is 2.27. The molecule has 0 saturated heterocycles. The van der Waals surface area contributed by atoms with Gasteiger partial charge in [0, 0.05) is 0 Å². The molecule has 0 spiro atoms. The van der Waals surface area contributed by atoms with Crippen LogP contribution in [-0.4, -0.2) is 17.4 Å². The van der Waals surface area contributed by atoms with E-state index in [2.05, 4.69) is 0 Å². The molecule has 13 heavy (non-hydrogen) atoms. The van der Waals surface area contributed by atoms with Gasteiger partial charge in [0.1, 0.15) is 0 Å². The minimum Gasteiger partial charge on any atom is -0.822 e. The van der Waals surface area contributed by atoms with Crippen LogP contribution in [0, 0.1) is 0 Å². The maximum atomic E-state index is 8.55. The Balaban J connectivity index is -0.0000000267. The van der Waals surface area contributed by atoms with Gasteiger partial charge in [0.15, 0.2) is 0 Å². The van der Waals surface area contributed by atoms with Crippen LogP contribution in [0.25, 0.3) is 0 Å². The van der Waals surface area contributed by atoms with Crippen LogP contribution in [0.4, 0.5) is 0 Å². The molecule has 0 unspecified atom stereocenters. The fourth-order valence-corrected chi connectivity index (χ4v) is 0. The zero-order valence-corrected chi connectivity index (χ0v) is 12.1. The molecule has 0 N–H and O–H groups in total. The minimum atomic E-state index is -5.39. The number of rotatable bonds is 0. The van der Waals surface area contributed by atoms with E-state index in [0.29, 0.717) is 0 Å². The molecule has 70 valence electrons. The first-order valence-corrected chi connectivity index (χ1v) is 4.38. The summed E-state index contributed by atoms with van der Waals surface area (Å²) in [4.78, 5) is 51.3. The second kappa shape index (κ2) is 12.3. The summed E-state index contributed by atoms with van der Waals surface area (Å²) in [5, 5.41) is 0. The van der Waals surface area contributed by atoms with Gasteiger partial charge in [-0.15, -0.1) is 0 Å². The predicted octanol–water partition coefficient (Wildman–Crippen LogP) is -9.03. The predicted molar refractivity (Wildman–Crippen MR) is 21.0 cm³/mol. The first kappa shape index (κ1) is 29.5. The van der Waals surface area contributed by atoms with Crippen molar-refractivity contribution in [2.45, 2.75) is 0 Å². The van der Waals surface area contributed by atoms with E-state index in [0.717, 1.165) is 0 Å². The minimum absolute atomic E-state index is 0. The van der Waals surface area contributed by atoms with Crippen molar-refractivity contribution in [1.29, 1.82) is 0 Å². The van der Waals surface area contributed by atoms with Crippen LogP contribution in [0.3, 0.4) is 0 Å². The van der Waals surface area contributed by atoms with Crippen molar-refractivity contribution < 1.29 is 85.1 Å². The second-order valence-corrected chi connectivity index (χ2v) is 2.68. The number of hydrogen-bond acceptors (Lipinski definition) is 8. The smallest absolute Gasteiger partial charge is 0.822 e. The van der Waals surface area contributed by atoms with E-state index in [1.165, 1.54) is 0 Å². The molecule has 0 aromatic heterocycles. The normalized spacial score (nSPS) is 9.08. The number of hydrogen-bond donors (Lipinski definition) is 0. The molecule has 0 aliphatic rings. The molecule has 0 aliphatic heterocycles. The molecule has 0 aromatic carbocycles. The topological polar surface area (TPSA) is 172 Å². The van der Waals surface area contributed by atoms with Crippen molar-refractivity contribution in [3.8, 4) is 0 Å². The Morgan fingerprint density at radius 2 is 0.692 bits per heavy atom. The van der Waals surface area contributed by atoms with Crippen molar-refractivity contribution in [2.75, 3.05) is 0 Å². The quantitative estimate of drug-likeness (QED) is 0.313. The molecule has 0 heterocycles. The third-order valence-electron chi connectivity index (χ3n) is 0. The standard InChI is InChI=1S/Al.Fe.Na.2H3O4P/c;;;2*1-5(2,3)4/h;;;2*(H3,1,2,3,4)/q+3;+2;+1;;/p-6. The van der Waals surface area contributed by atoms with Crippen molar-refractivity contribution in [3.63, 3.8) is 0 Å². The van der Waals surface area contributed by atoms with E-state index in [4.69, 9.17) is 38.5 Å². The fourth-order valence-electron chi connectivity index (χ4n) is 0. The van der Waals surface area contributed by atoms with E-state index in [1.54, 1.807) is 0 Å². The molecule has 13 heteroatoms. The summed E-state index contributed by atoms with van der Waals surface area (Å²) in [5.41, 5.74) is 0. The maximum absolute atomic E-state index is 8.55. The Morgan fingerprint density at radius 3 is 0.692 bits per heavy atom. The SMILES string of the molecule is O=P([O-])([O-])[O-].O=P([O-])([O-])[O-].[Al+3].[Fe+2].[Na+]. The molecular weight excluding hydrogens is 296 g/mol. The van der Waals surface area contributed by atoms with Crippen LogP contribution in [-0.2, 0) is 26.2 Å². The summed E-state index contributed by atoms with van der Waals surface area (Å²) in [5.74, 6) is 0. The molecule has 0 rings (SSSR count). The molecule has 0 aromatic rings. The van der Waals surface area contributed by atoms with E-state index < -0.39 is 15.6 Å². The average molecular weight is 296 g/mol. The Bertz CT molecular complexity index is 134. The molecule has 0 radical (unpaired) electrons. The van der Waals surface area contributed by atoms with Gasteiger partial charge in [-0.3, -0.25) is 0 Å². The average Bonchev–Trinajstić information content (AvgIpc) is 1.12. The van der Waals surface area contributed by atoms with Gasteiger partial charge >= 0.3 is 64.0 Å². The van der Waals surface area contributed by atoms with Gasteiger partial charge in [-0.2, -0.15) is 15.6 Å². The largest absolute Gasteiger partial charge is 3.00 e. The van der Waals surface area contributed by atoms with Gasteiger partial charge in [-0.1, -0.05) is 0 Å². The molecule has 0 atom stereocenters. The first-order chi connectivity index (χ1) is 4.00. The molecule has 0 bridgehead atoms. The zero-order chi connectivity index (χ0) is 9.00. The maximum Gasteiger partial charge on any atom is 3.00 e. The Morgan fingerprint density at radius 1 is 0.692 bits per heavy atom. The van der Waals surface area contributed by atoms with Crippen LogP contribution >= 0.6 is 15.6 Å². The Kier molecular flexibility index (Phi) is 28.0. The molecule has 0 aliphatic carbocycles. The van der Waals surface area contributed by atoms with Gasteiger partial charge in [0.25, 0.3) is 0 Å². The third-order valence-corrected chi connectivity index (χ3v) is 0. The van der Waals surface area contributed by atoms with Gasteiger partial charge in [-0.25, -0.2) is 0 Å².